The minimum absolute atomic E-state index is 0.238. The molecule has 1 fully saturated rings. The summed E-state index contributed by atoms with van der Waals surface area (Å²) in [5, 5.41) is 5.43. The van der Waals surface area contributed by atoms with Gasteiger partial charge >= 0.3 is 6.09 Å². The molecule has 4 N–H and O–H groups in total. The molecule has 0 radical (unpaired) electrons. The first-order chi connectivity index (χ1) is 18.5. The van der Waals surface area contributed by atoms with Crippen molar-refractivity contribution in [3.05, 3.63) is 71.3 Å². The highest BCUT2D eigenvalue weighted by molar-refractivity contribution is 5.95. The van der Waals surface area contributed by atoms with E-state index in [4.69, 9.17) is 16.9 Å². The van der Waals surface area contributed by atoms with Gasteiger partial charge in [0.05, 0.1) is 6.42 Å². The molecule has 39 heavy (non-hydrogen) atoms. The fourth-order valence-electron chi connectivity index (χ4n) is 4.38. The number of ether oxygens (including phenoxy) is 1. The van der Waals surface area contributed by atoms with E-state index in [0.717, 1.165) is 12.0 Å². The monoisotopic (exact) mass is 532 g/mol. The summed E-state index contributed by atoms with van der Waals surface area (Å²) in [5.41, 5.74) is 6.44. The smallest absolute Gasteiger partial charge is 0.408 e. The third-order valence-corrected chi connectivity index (χ3v) is 6.36. The molecule has 1 saturated carbocycles. The average molecular weight is 533 g/mol. The van der Waals surface area contributed by atoms with E-state index >= 15 is 0 Å². The second-order valence-corrected chi connectivity index (χ2v) is 10.5. The fraction of sp³-hybridized carbons (Fsp3) is 0.400. The number of primary amides is 1. The first-order valence-corrected chi connectivity index (χ1v) is 13.0. The summed E-state index contributed by atoms with van der Waals surface area (Å²) in [5.74, 6) is 0.778. The highest BCUT2D eigenvalue weighted by Crippen LogP contribution is 2.35. The lowest BCUT2D eigenvalue weighted by Gasteiger charge is -2.43. The summed E-state index contributed by atoms with van der Waals surface area (Å²) in [6.45, 7) is 5.29. The molecule has 4 amide bonds. The van der Waals surface area contributed by atoms with Crippen LogP contribution in [-0.4, -0.2) is 46.4 Å². The number of benzene rings is 2. The topological polar surface area (TPSA) is 131 Å². The van der Waals surface area contributed by atoms with Gasteiger partial charge in [-0.15, -0.1) is 6.42 Å². The summed E-state index contributed by atoms with van der Waals surface area (Å²) >= 11 is 0. The van der Waals surface area contributed by atoms with Gasteiger partial charge in [-0.05, 0) is 57.2 Å². The van der Waals surface area contributed by atoms with Crippen molar-refractivity contribution in [3.63, 3.8) is 0 Å². The molecule has 0 aromatic heterocycles. The normalized spacial score (nSPS) is 14.6. The van der Waals surface area contributed by atoms with Gasteiger partial charge < -0.3 is 26.0 Å². The molecule has 9 nitrogen and oxygen atoms in total. The van der Waals surface area contributed by atoms with E-state index < -0.39 is 47.9 Å². The molecule has 2 aromatic carbocycles. The molecule has 206 valence electrons. The first kappa shape index (κ1) is 29.2. The SMILES string of the molecule is C#Cc1ccccc1C(C(=O)NCc1ccccc1)N(C(=O)C(CC(N)=O)NC(=O)OC(C)(C)C)C1CCC1. The Morgan fingerprint density at radius 1 is 1.08 bits per heavy atom. The van der Waals surface area contributed by atoms with Crippen molar-refractivity contribution in [2.45, 2.75) is 76.7 Å². The number of amides is 4. The third kappa shape index (κ3) is 8.08. The number of carbonyl (C=O) groups is 4. The minimum atomic E-state index is -1.33. The molecule has 9 heteroatoms. The van der Waals surface area contributed by atoms with E-state index in [-0.39, 0.29) is 12.6 Å². The summed E-state index contributed by atoms with van der Waals surface area (Å²) in [7, 11) is 0. The quantitative estimate of drug-likeness (QED) is 0.405. The Hall–Kier alpha value is -4.32. The zero-order valence-electron chi connectivity index (χ0n) is 22.6. The predicted octanol–water partition coefficient (Wildman–Crippen LogP) is 3.18. The van der Waals surface area contributed by atoms with Gasteiger partial charge in [0.2, 0.25) is 17.7 Å². The van der Waals surface area contributed by atoms with E-state index in [9.17, 15) is 19.2 Å². The Labute approximate surface area is 229 Å². The lowest BCUT2D eigenvalue weighted by Crippen LogP contribution is -2.58. The van der Waals surface area contributed by atoms with Gasteiger partial charge in [-0.3, -0.25) is 14.4 Å². The maximum atomic E-state index is 14.1. The van der Waals surface area contributed by atoms with E-state index in [0.29, 0.717) is 24.0 Å². The molecular weight excluding hydrogens is 496 g/mol. The lowest BCUT2D eigenvalue weighted by atomic mass is 9.87. The predicted molar refractivity (Wildman–Crippen MR) is 147 cm³/mol. The highest BCUT2D eigenvalue weighted by Gasteiger charge is 2.43. The number of terminal acetylenes is 1. The van der Waals surface area contributed by atoms with Crippen LogP contribution in [0.4, 0.5) is 4.79 Å². The van der Waals surface area contributed by atoms with Crippen LogP contribution in [0.3, 0.4) is 0 Å². The Bertz CT molecular complexity index is 1230. The molecular formula is C30H36N4O5. The van der Waals surface area contributed by atoms with Crippen LogP contribution in [0.5, 0.6) is 0 Å². The van der Waals surface area contributed by atoms with Crippen LogP contribution in [0.25, 0.3) is 0 Å². The Morgan fingerprint density at radius 3 is 2.28 bits per heavy atom. The number of nitrogens with two attached hydrogens (primary N) is 1. The van der Waals surface area contributed by atoms with Gasteiger partial charge in [0, 0.05) is 18.2 Å². The minimum Gasteiger partial charge on any atom is -0.444 e. The van der Waals surface area contributed by atoms with Gasteiger partial charge in [-0.1, -0.05) is 54.5 Å². The molecule has 0 aliphatic heterocycles. The molecule has 0 spiro atoms. The molecule has 1 aliphatic rings. The van der Waals surface area contributed by atoms with Gasteiger partial charge in [-0.25, -0.2) is 4.79 Å². The molecule has 3 rings (SSSR count). The van der Waals surface area contributed by atoms with Crippen LogP contribution in [0, 0.1) is 12.3 Å². The Kier molecular flexibility index (Phi) is 9.72. The third-order valence-electron chi connectivity index (χ3n) is 6.36. The number of alkyl carbamates (subject to hydrolysis) is 1. The number of carbonyl (C=O) groups excluding carboxylic acids is 4. The van der Waals surface area contributed by atoms with Crippen molar-refractivity contribution in [1.29, 1.82) is 0 Å². The maximum absolute atomic E-state index is 14.1. The second kappa shape index (κ2) is 13.0. The Balaban J connectivity index is 2.02. The van der Waals surface area contributed by atoms with Crippen LogP contribution in [-0.2, 0) is 25.7 Å². The van der Waals surface area contributed by atoms with Gasteiger partial charge in [-0.2, -0.15) is 0 Å². The molecule has 0 heterocycles. The summed E-state index contributed by atoms with van der Waals surface area (Å²) < 4.78 is 5.32. The van der Waals surface area contributed by atoms with Crippen molar-refractivity contribution in [2.75, 3.05) is 0 Å². The van der Waals surface area contributed by atoms with E-state index in [2.05, 4.69) is 16.6 Å². The van der Waals surface area contributed by atoms with Crippen LogP contribution in [0.15, 0.2) is 54.6 Å². The van der Waals surface area contributed by atoms with E-state index in [1.807, 2.05) is 30.3 Å². The summed E-state index contributed by atoms with van der Waals surface area (Å²) in [6.07, 6.45) is 6.62. The zero-order valence-corrected chi connectivity index (χ0v) is 22.6. The number of nitrogens with zero attached hydrogens (tertiary/aromatic N) is 1. The molecule has 0 saturated heterocycles. The Morgan fingerprint density at radius 2 is 1.72 bits per heavy atom. The molecule has 0 bridgehead atoms. The van der Waals surface area contributed by atoms with Gasteiger partial charge in [0.1, 0.15) is 17.7 Å². The number of hydrogen-bond acceptors (Lipinski definition) is 5. The van der Waals surface area contributed by atoms with Gasteiger partial charge in [0.15, 0.2) is 0 Å². The average Bonchev–Trinajstić information content (AvgIpc) is 2.84. The van der Waals surface area contributed by atoms with Crippen molar-refractivity contribution >= 4 is 23.8 Å². The first-order valence-electron chi connectivity index (χ1n) is 13.0. The van der Waals surface area contributed by atoms with Crippen molar-refractivity contribution in [2.24, 2.45) is 5.73 Å². The van der Waals surface area contributed by atoms with Crippen LogP contribution >= 0.6 is 0 Å². The van der Waals surface area contributed by atoms with Crippen molar-refractivity contribution < 1.29 is 23.9 Å². The van der Waals surface area contributed by atoms with E-state index in [1.165, 1.54) is 4.90 Å². The van der Waals surface area contributed by atoms with Crippen LogP contribution in [0.1, 0.15) is 69.2 Å². The lowest BCUT2D eigenvalue weighted by molar-refractivity contribution is -0.148. The zero-order chi connectivity index (χ0) is 28.6. The fourth-order valence-corrected chi connectivity index (χ4v) is 4.38. The molecule has 2 atom stereocenters. The van der Waals surface area contributed by atoms with Crippen molar-refractivity contribution in [1.82, 2.24) is 15.5 Å². The van der Waals surface area contributed by atoms with Crippen molar-refractivity contribution in [3.8, 4) is 12.3 Å². The number of nitrogens with one attached hydrogen (secondary N) is 2. The van der Waals surface area contributed by atoms with E-state index in [1.54, 1.807) is 45.0 Å². The molecule has 2 aromatic rings. The molecule has 1 aliphatic carbocycles. The number of hydrogen-bond donors (Lipinski definition) is 3. The summed E-state index contributed by atoms with van der Waals surface area (Å²) in [4.78, 5) is 54.0. The largest absolute Gasteiger partial charge is 0.444 e. The van der Waals surface area contributed by atoms with Crippen LogP contribution < -0.4 is 16.4 Å². The maximum Gasteiger partial charge on any atom is 0.408 e. The van der Waals surface area contributed by atoms with Crippen LogP contribution in [0.2, 0.25) is 0 Å². The summed E-state index contributed by atoms with van der Waals surface area (Å²) in [6, 6.07) is 13.6. The van der Waals surface area contributed by atoms with Gasteiger partial charge in [0.25, 0.3) is 0 Å². The molecule has 2 unspecified atom stereocenters. The standard InChI is InChI=1S/C30H36N4O5/c1-5-21-14-9-10-17-23(21)26(27(36)32-19-20-12-7-6-8-13-20)34(22-15-11-16-22)28(37)24(18-25(31)35)33-29(38)39-30(2,3)4/h1,6-10,12-14,17,22,24,26H,11,15-16,18-19H2,2-4H3,(H2,31,35)(H,32,36)(H,33,38). The highest BCUT2D eigenvalue weighted by atomic mass is 16.6. The number of rotatable bonds is 10. The second-order valence-electron chi connectivity index (χ2n) is 10.5.